The van der Waals surface area contributed by atoms with Crippen molar-refractivity contribution in [2.45, 2.75) is 26.7 Å². The Bertz CT molecular complexity index is 1140. The van der Waals surface area contributed by atoms with Crippen molar-refractivity contribution >= 4 is 27.7 Å². The summed E-state index contributed by atoms with van der Waals surface area (Å²) < 4.78 is 11.2. The molecule has 0 aliphatic heterocycles. The quantitative estimate of drug-likeness (QED) is 0.228. The Morgan fingerprint density at radius 1 is 0.750 bits per heavy atom. The van der Waals surface area contributed by atoms with E-state index in [1.807, 2.05) is 30.3 Å². The lowest BCUT2D eigenvalue weighted by Gasteiger charge is -2.14. The molecule has 0 bridgehead atoms. The lowest BCUT2D eigenvalue weighted by atomic mass is 9.96. The van der Waals surface area contributed by atoms with Crippen LogP contribution in [0.15, 0.2) is 72.8 Å². The summed E-state index contributed by atoms with van der Waals surface area (Å²) >= 11 is 0. The summed E-state index contributed by atoms with van der Waals surface area (Å²) in [4.78, 5) is 12.5. The highest BCUT2D eigenvalue weighted by Crippen LogP contribution is 2.37. The van der Waals surface area contributed by atoms with E-state index in [4.69, 9.17) is 9.47 Å². The predicted molar refractivity (Wildman–Crippen MR) is 113 cm³/mol. The summed E-state index contributed by atoms with van der Waals surface area (Å²) in [6, 6.07) is 23.6. The maximum atomic E-state index is 12.5. The third-order valence-electron chi connectivity index (χ3n) is 5.02. The molecular formula is C25H22O3. The largest absolute Gasteiger partial charge is 0.519 e. The highest BCUT2D eigenvalue weighted by atomic mass is 16.7. The van der Waals surface area contributed by atoms with E-state index in [9.17, 15) is 4.79 Å². The van der Waals surface area contributed by atoms with E-state index >= 15 is 0 Å². The SMILES string of the molecule is CCc1ccc2cc3c(CC)cccc3c(OC(=O)Oc3ccccc3)c2c1. The molecule has 0 aromatic heterocycles. The van der Waals surface area contributed by atoms with Crippen LogP contribution in [0, 0.1) is 0 Å². The van der Waals surface area contributed by atoms with E-state index in [1.54, 1.807) is 12.1 Å². The van der Waals surface area contributed by atoms with E-state index in [2.05, 4.69) is 44.2 Å². The first-order valence-electron chi connectivity index (χ1n) is 9.61. The first-order chi connectivity index (χ1) is 13.7. The van der Waals surface area contributed by atoms with Crippen LogP contribution in [0.1, 0.15) is 25.0 Å². The minimum absolute atomic E-state index is 0.459. The molecule has 0 fully saturated rings. The normalized spacial score (nSPS) is 10.9. The number of rotatable bonds is 4. The van der Waals surface area contributed by atoms with Crippen LogP contribution in [-0.4, -0.2) is 6.16 Å². The number of hydrogen-bond donors (Lipinski definition) is 0. The number of aryl methyl sites for hydroxylation is 2. The van der Waals surface area contributed by atoms with Crippen LogP contribution in [0.5, 0.6) is 11.5 Å². The van der Waals surface area contributed by atoms with Gasteiger partial charge in [0.05, 0.1) is 0 Å². The number of para-hydroxylation sites is 1. The van der Waals surface area contributed by atoms with Crippen LogP contribution >= 0.6 is 0 Å². The number of carbonyl (C=O) groups is 1. The molecule has 0 saturated carbocycles. The zero-order valence-electron chi connectivity index (χ0n) is 16.1. The molecule has 0 radical (unpaired) electrons. The molecule has 0 aliphatic carbocycles. The van der Waals surface area contributed by atoms with Crippen molar-refractivity contribution in [3.05, 3.63) is 83.9 Å². The molecule has 0 amide bonds. The number of carbonyl (C=O) groups excluding carboxylic acids is 1. The fourth-order valence-corrected chi connectivity index (χ4v) is 3.54. The van der Waals surface area contributed by atoms with Gasteiger partial charge in [-0.1, -0.05) is 62.4 Å². The molecule has 0 saturated heterocycles. The summed E-state index contributed by atoms with van der Waals surface area (Å²) in [5.74, 6) is 1.01. The van der Waals surface area contributed by atoms with Crippen LogP contribution < -0.4 is 9.47 Å². The van der Waals surface area contributed by atoms with Crippen LogP contribution in [0.3, 0.4) is 0 Å². The molecule has 0 unspecified atom stereocenters. The van der Waals surface area contributed by atoms with E-state index in [0.717, 1.165) is 34.4 Å². The van der Waals surface area contributed by atoms with Gasteiger partial charge in [-0.2, -0.15) is 0 Å². The summed E-state index contributed by atoms with van der Waals surface area (Å²) in [6.07, 6.45) is 1.09. The fourth-order valence-electron chi connectivity index (χ4n) is 3.54. The van der Waals surface area contributed by atoms with Gasteiger partial charge < -0.3 is 9.47 Å². The van der Waals surface area contributed by atoms with Gasteiger partial charge in [0, 0.05) is 10.8 Å². The molecule has 0 atom stereocenters. The molecule has 140 valence electrons. The van der Waals surface area contributed by atoms with Gasteiger partial charge in [-0.05, 0) is 59.0 Å². The topological polar surface area (TPSA) is 35.5 Å². The molecule has 28 heavy (non-hydrogen) atoms. The highest BCUT2D eigenvalue weighted by Gasteiger charge is 2.16. The Kier molecular flexibility index (Phi) is 4.98. The van der Waals surface area contributed by atoms with Gasteiger partial charge in [0.15, 0.2) is 0 Å². The second-order valence-electron chi connectivity index (χ2n) is 6.75. The van der Waals surface area contributed by atoms with E-state index in [1.165, 1.54) is 11.1 Å². The Labute approximate surface area is 164 Å². The fraction of sp³-hybridized carbons (Fsp3) is 0.160. The average Bonchev–Trinajstić information content (AvgIpc) is 2.73. The second-order valence-corrected chi connectivity index (χ2v) is 6.75. The molecule has 4 rings (SSSR count). The van der Waals surface area contributed by atoms with Crippen molar-refractivity contribution in [3.63, 3.8) is 0 Å². The number of benzene rings is 4. The van der Waals surface area contributed by atoms with E-state index in [-0.39, 0.29) is 0 Å². The second kappa shape index (κ2) is 7.73. The first kappa shape index (κ1) is 18.1. The molecule has 4 aromatic carbocycles. The first-order valence-corrected chi connectivity index (χ1v) is 9.61. The van der Waals surface area contributed by atoms with Crippen molar-refractivity contribution < 1.29 is 14.3 Å². The zero-order chi connectivity index (χ0) is 19.5. The standard InChI is InChI=1S/C25H22O3/c1-3-17-13-14-19-16-22-18(4-2)9-8-12-21(22)24(23(19)15-17)28-25(26)27-20-10-6-5-7-11-20/h5-16H,3-4H2,1-2H3. The van der Waals surface area contributed by atoms with Crippen molar-refractivity contribution in [1.29, 1.82) is 0 Å². The van der Waals surface area contributed by atoms with Gasteiger partial charge in [-0.25, -0.2) is 4.79 Å². The third-order valence-corrected chi connectivity index (χ3v) is 5.02. The Balaban J connectivity index is 1.86. The molecule has 0 spiro atoms. The summed E-state index contributed by atoms with van der Waals surface area (Å²) in [5.41, 5.74) is 2.42. The van der Waals surface area contributed by atoms with Crippen LogP contribution in [0.2, 0.25) is 0 Å². The van der Waals surface area contributed by atoms with Crippen LogP contribution in [-0.2, 0) is 12.8 Å². The van der Waals surface area contributed by atoms with Crippen molar-refractivity contribution in [1.82, 2.24) is 0 Å². The van der Waals surface area contributed by atoms with Gasteiger partial charge in [-0.3, -0.25) is 0 Å². The van der Waals surface area contributed by atoms with Gasteiger partial charge in [0.2, 0.25) is 0 Å². The predicted octanol–water partition coefficient (Wildman–Crippen LogP) is 6.70. The zero-order valence-corrected chi connectivity index (χ0v) is 16.1. The van der Waals surface area contributed by atoms with Gasteiger partial charge in [0.25, 0.3) is 0 Å². The van der Waals surface area contributed by atoms with Gasteiger partial charge in [-0.15, -0.1) is 0 Å². The van der Waals surface area contributed by atoms with Crippen LogP contribution in [0.25, 0.3) is 21.5 Å². The lowest BCUT2D eigenvalue weighted by Crippen LogP contribution is -2.14. The van der Waals surface area contributed by atoms with Crippen LogP contribution in [0.4, 0.5) is 4.79 Å². The summed E-state index contributed by atoms with van der Waals surface area (Å²) in [6.45, 7) is 4.24. The molecule has 3 heteroatoms. The lowest BCUT2D eigenvalue weighted by molar-refractivity contribution is 0.153. The Morgan fingerprint density at radius 3 is 2.32 bits per heavy atom. The Hall–Kier alpha value is -3.33. The molecule has 0 aliphatic rings. The molecular weight excluding hydrogens is 348 g/mol. The molecule has 3 nitrogen and oxygen atoms in total. The van der Waals surface area contributed by atoms with E-state index in [0.29, 0.717) is 11.5 Å². The van der Waals surface area contributed by atoms with Crippen molar-refractivity contribution in [3.8, 4) is 11.5 Å². The smallest absolute Gasteiger partial charge is 0.395 e. The van der Waals surface area contributed by atoms with Gasteiger partial charge >= 0.3 is 6.16 Å². The minimum atomic E-state index is -0.733. The monoisotopic (exact) mass is 370 g/mol. The Morgan fingerprint density at radius 2 is 1.57 bits per heavy atom. The number of fused-ring (bicyclic) bond motifs is 2. The third kappa shape index (κ3) is 3.44. The van der Waals surface area contributed by atoms with Crippen molar-refractivity contribution in [2.75, 3.05) is 0 Å². The molecule has 4 aromatic rings. The maximum Gasteiger partial charge on any atom is 0.519 e. The minimum Gasteiger partial charge on any atom is -0.395 e. The molecule has 0 heterocycles. The summed E-state index contributed by atoms with van der Waals surface area (Å²) in [5, 5.41) is 3.99. The number of ether oxygens (including phenoxy) is 2. The summed E-state index contributed by atoms with van der Waals surface area (Å²) in [7, 11) is 0. The van der Waals surface area contributed by atoms with E-state index < -0.39 is 6.16 Å². The average molecular weight is 370 g/mol. The maximum absolute atomic E-state index is 12.5. The number of hydrogen-bond acceptors (Lipinski definition) is 3. The van der Waals surface area contributed by atoms with Crippen molar-refractivity contribution in [2.24, 2.45) is 0 Å². The van der Waals surface area contributed by atoms with Gasteiger partial charge in [0.1, 0.15) is 11.5 Å². The molecule has 0 N–H and O–H groups in total. The highest BCUT2D eigenvalue weighted by molar-refractivity contribution is 6.07.